The monoisotopic (exact) mass is 191 g/mol. The third-order valence-corrected chi connectivity index (χ3v) is 2.30. The SMILES string of the molecule is Cc1ccc(N2CCNCC2=O)cn1. The number of nitrogens with zero attached hydrogens (tertiary/aromatic N) is 2. The van der Waals surface area contributed by atoms with Gasteiger partial charge in [-0.3, -0.25) is 9.78 Å². The molecule has 1 aliphatic rings. The van der Waals surface area contributed by atoms with E-state index >= 15 is 0 Å². The highest BCUT2D eigenvalue weighted by molar-refractivity contribution is 5.95. The largest absolute Gasteiger partial charge is 0.309 e. The quantitative estimate of drug-likeness (QED) is 0.695. The van der Waals surface area contributed by atoms with Gasteiger partial charge in [-0.1, -0.05) is 0 Å². The summed E-state index contributed by atoms with van der Waals surface area (Å²) in [5, 5.41) is 3.03. The molecule has 0 bridgehead atoms. The second-order valence-electron chi connectivity index (χ2n) is 3.38. The molecule has 0 radical (unpaired) electrons. The van der Waals surface area contributed by atoms with Gasteiger partial charge in [-0.15, -0.1) is 0 Å². The van der Waals surface area contributed by atoms with E-state index in [9.17, 15) is 4.79 Å². The van der Waals surface area contributed by atoms with Crippen molar-refractivity contribution in [2.75, 3.05) is 24.5 Å². The maximum atomic E-state index is 11.5. The number of aromatic nitrogens is 1. The number of rotatable bonds is 1. The van der Waals surface area contributed by atoms with E-state index in [0.29, 0.717) is 6.54 Å². The Labute approximate surface area is 82.9 Å². The molecule has 2 rings (SSSR count). The van der Waals surface area contributed by atoms with Gasteiger partial charge in [0.15, 0.2) is 0 Å². The van der Waals surface area contributed by atoms with Crippen LogP contribution in [0.5, 0.6) is 0 Å². The minimum Gasteiger partial charge on any atom is -0.309 e. The van der Waals surface area contributed by atoms with Gasteiger partial charge in [0.2, 0.25) is 5.91 Å². The van der Waals surface area contributed by atoms with E-state index in [2.05, 4.69) is 10.3 Å². The van der Waals surface area contributed by atoms with Gasteiger partial charge in [0.1, 0.15) is 0 Å². The van der Waals surface area contributed by atoms with Crippen molar-refractivity contribution in [3.63, 3.8) is 0 Å². The molecule has 0 aromatic carbocycles. The van der Waals surface area contributed by atoms with Crippen molar-refractivity contribution in [2.24, 2.45) is 0 Å². The standard InChI is InChI=1S/C10H13N3O/c1-8-2-3-9(6-12-8)13-5-4-11-7-10(13)14/h2-3,6,11H,4-5,7H2,1H3. The van der Waals surface area contributed by atoms with Crippen LogP contribution in [0.3, 0.4) is 0 Å². The molecule has 4 nitrogen and oxygen atoms in total. The van der Waals surface area contributed by atoms with Crippen LogP contribution in [0.1, 0.15) is 5.69 Å². The summed E-state index contributed by atoms with van der Waals surface area (Å²) in [6.07, 6.45) is 1.75. The van der Waals surface area contributed by atoms with Crippen molar-refractivity contribution in [3.8, 4) is 0 Å². The van der Waals surface area contributed by atoms with E-state index in [4.69, 9.17) is 0 Å². The lowest BCUT2D eigenvalue weighted by Gasteiger charge is -2.27. The molecule has 14 heavy (non-hydrogen) atoms. The molecular formula is C10H13N3O. The average molecular weight is 191 g/mol. The molecule has 1 aromatic rings. The molecule has 0 atom stereocenters. The zero-order chi connectivity index (χ0) is 9.97. The normalized spacial score (nSPS) is 17.2. The summed E-state index contributed by atoms with van der Waals surface area (Å²) >= 11 is 0. The number of carbonyl (C=O) groups excluding carboxylic acids is 1. The lowest BCUT2D eigenvalue weighted by Crippen LogP contribution is -2.48. The number of nitrogens with one attached hydrogen (secondary N) is 1. The first kappa shape index (κ1) is 9.15. The van der Waals surface area contributed by atoms with Crippen LogP contribution in [0.25, 0.3) is 0 Å². The Kier molecular flexibility index (Phi) is 2.45. The van der Waals surface area contributed by atoms with Crippen molar-refractivity contribution >= 4 is 11.6 Å². The van der Waals surface area contributed by atoms with Crippen LogP contribution in [0.2, 0.25) is 0 Å². The van der Waals surface area contributed by atoms with Gasteiger partial charge in [-0.25, -0.2) is 0 Å². The highest BCUT2D eigenvalue weighted by Crippen LogP contribution is 2.13. The number of carbonyl (C=O) groups is 1. The molecule has 1 fully saturated rings. The molecule has 0 unspecified atom stereocenters. The molecule has 0 saturated carbocycles. The topological polar surface area (TPSA) is 45.2 Å². The number of anilines is 1. The Morgan fingerprint density at radius 3 is 3.00 bits per heavy atom. The van der Waals surface area contributed by atoms with Gasteiger partial charge >= 0.3 is 0 Å². The fourth-order valence-electron chi connectivity index (χ4n) is 1.50. The number of piperazine rings is 1. The van der Waals surface area contributed by atoms with Gasteiger partial charge in [0, 0.05) is 18.8 Å². The van der Waals surface area contributed by atoms with Crippen LogP contribution >= 0.6 is 0 Å². The summed E-state index contributed by atoms with van der Waals surface area (Å²) in [7, 11) is 0. The van der Waals surface area contributed by atoms with E-state index in [1.165, 1.54) is 0 Å². The summed E-state index contributed by atoms with van der Waals surface area (Å²) in [4.78, 5) is 17.5. The maximum Gasteiger partial charge on any atom is 0.241 e. The van der Waals surface area contributed by atoms with Crippen LogP contribution in [0.15, 0.2) is 18.3 Å². The number of hydrogen-bond acceptors (Lipinski definition) is 3. The molecular weight excluding hydrogens is 178 g/mol. The van der Waals surface area contributed by atoms with Gasteiger partial charge < -0.3 is 10.2 Å². The highest BCUT2D eigenvalue weighted by Gasteiger charge is 2.18. The van der Waals surface area contributed by atoms with Gasteiger partial charge in [-0.05, 0) is 19.1 Å². The fraction of sp³-hybridized carbons (Fsp3) is 0.400. The van der Waals surface area contributed by atoms with Gasteiger partial charge in [0.25, 0.3) is 0 Å². The summed E-state index contributed by atoms with van der Waals surface area (Å²) < 4.78 is 0. The molecule has 74 valence electrons. The van der Waals surface area contributed by atoms with Crippen LogP contribution in [0.4, 0.5) is 5.69 Å². The van der Waals surface area contributed by atoms with Crippen molar-refractivity contribution in [1.29, 1.82) is 0 Å². The first-order valence-electron chi connectivity index (χ1n) is 4.71. The van der Waals surface area contributed by atoms with Crippen LogP contribution < -0.4 is 10.2 Å². The predicted octanol–water partition coefficient (Wildman–Crippen LogP) is 0.326. The number of hydrogen-bond donors (Lipinski definition) is 1. The Morgan fingerprint density at radius 2 is 2.36 bits per heavy atom. The molecule has 1 aromatic heterocycles. The van der Waals surface area contributed by atoms with Crippen molar-refractivity contribution in [1.82, 2.24) is 10.3 Å². The third-order valence-electron chi connectivity index (χ3n) is 2.30. The van der Waals surface area contributed by atoms with Gasteiger partial charge in [-0.2, -0.15) is 0 Å². The van der Waals surface area contributed by atoms with Gasteiger partial charge in [0.05, 0.1) is 18.4 Å². The van der Waals surface area contributed by atoms with Crippen LogP contribution in [-0.2, 0) is 4.79 Å². The molecule has 0 spiro atoms. The van der Waals surface area contributed by atoms with Crippen LogP contribution in [0, 0.1) is 6.92 Å². The van der Waals surface area contributed by atoms with E-state index in [1.54, 1.807) is 11.1 Å². The molecule has 2 heterocycles. The summed E-state index contributed by atoms with van der Waals surface area (Å²) in [6, 6.07) is 3.86. The van der Waals surface area contributed by atoms with E-state index in [0.717, 1.165) is 24.5 Å². The zero-order valence-corrected chi connectivity index (χ0v) is 8.16. The molecule has 1 N–H and O–H groups in total. The third kappa shape index (κ3) is 1.75. The summed E-state index contributed by atoms with van der Waals surface area (Å²) in [6.45, 7) is 3.93. The van der Waals surface area contributed by atoms with E-state index in [-0.39, 0.29) is 5.91 Å². The Morgan fingerprint density at radius 1 is 1.50 bits per heavy atom. The first-order valence-corrected chi connectivity index (χ1v) is 4.71. The zero-order valence-electron chi connectivity index (χ0n) is 8.16. The number of aryl methyl sites for hydroxylation is 1. The molecule has 1 amide bonds. The number of amides is 1. The summed E-state index contributed by atoms with van der Waals surface area (Å²) in [5.74, 6) is 0.113. The first-order chi connectivity index (χ1) is 6.77. The fourth-order valence-corrected chi connectivity index (χ4v) is 1.50. The molecule has 1 saturated heterocycles. The minimum absolute atomic E-state index is 0.113. The average Bonchev–Trinajstić information content (AvgIpc) is 2.20. The highest BCUT2D eigenvalue weighted by atomic mass is 16.2. The smallest absolute Gasteiger partial charge is 0.241 e. The number of pyridine rings is 1. The van der Waals surface area contributed by atoms with Crippen molar-refractivity contribution < 1.29 is 4.79 Å². The molecule has 4 heteroatoms. The van der Waals surface area contributed by atoms with Crippen molar-refractivity contribution in [3.05, 3.63) is 24.0 Å². The molecule has 1 aliphatic heterocycles. The predicted molar refractivity (Wildman–Crippen MR) is 54.2 cm³/mol. The molecule has 0 aliphatic carbocycles. The summed E-state index contributed by atoms with van der Waals surface area (Å²) in [5.41, 5.74) is 1.86. The Bertz CT molecular complexity index is 334. The second kappa shape index (κ2) is 3.75. The Hall–Kier alpha value is -1.42. The minimum atomic E-state index is 0.113. The lowest BCUT2D eigenvalue weighted by atomic mass is 10.3. The van der Waals surface area contributed by atoms with E-state index in [1.807, 2.05) is 19.1 Å². The van der Waals surface area contributed by atoms with Crippen LogP contribution in [-0.4, -0.2) is 30.5 Å². The van der Waals surface area contributed by atoms with E-state index < -0.39 is 0 Å². The van der Waals surface area contributed by atoms with Crippen molar-refractivity contribution in [2.45, 2.75) is 6.92 Å². The second-order valence-corrected chi connectivity index (χ2v) is 3.38. The lowest BCUT2D eigenvalue weighted by molar-refractivity contribution is -0.118. The Balaban J connectivity index is 2.20. The maximum absolute atomic E-state index is 11.5.